The van der Waals surface area contributed by atoms with Gasteiger partial charge >= 0.3 is 12.2 Å². The monoisotopic (exact) mass is 418 g/mol. The van der Waals surface area contributed by atoms with Crippen LogP contribution in [0.3, 0.4) is 0 Å². The summed E-state index contributed by atoms with van der Waals surface area (Å²) in [7, 11) is -3.41. The normalized spacial score (nSPS) is 18.4. The molecule has 1 aliphatic heterocycles. The van der Waals surface area contributed by atoms with Gasteiger partial charge in [0.2, 0.25) is 0 Å². The Morgan fingerprint density at radius 1 is 1.15 bits per heavy atom. The van der Waals surface area contributed by atoms with Crippen LogP contribution in [-0.2, 0) is 16.0 Å². The van der Waals surface area contributed by atoms with Crippen molar-refractivity contribution in [1.29, 1.82) is 0 Å². The van der Waals surface area contributed by atoms with Gasteiger partial charge in [0.25, 0.3) is 0 Å². The van der Waals surface area contributed by atoms with Crippen LogP contribution in [0.4, 0.5) is 23.7 Å². The van der Waals surface area contributed by atoms with Crippen LogP contribution in [0.2, 0.25) is 5.02 Å². The molecule has 1 unspecified atom stereocenters. The standard InChI is InChI=1S/C17H14ClF3N2O3S/c18-13-6-5-10(9-12(13)17(19,20)21)22-16(24)23-14-7-8-27(25,26)15-4-2-1-3-11(14)15/h1-6,9,14H,7-8H2,(H2,22,23,24). The number of amides is 2. The van der Waals surface area contributed by atoms with Crippen molar-refractivity contribution in [3.05, 3.63) is 58.6 Å². The third kappa shape index (κ3) is 4.19. The lowest BCUT2D eigenvalue weighted by atomic mass is 10.0. The Morgan fingerprint density at radius 3 is 2.56 bits per heavy atom. The molecule has 2 amide bonds. The van der Waals surface area contributed by atoms with E-state index in [1.165, 1.54) is 12.1 Å². The van der Waals surface area contributed by atoms with Crippen LogP contribution in [0, 0.1) is 0 Å². The Hall–Kier alpha value is -2.26. The summed E-state index contributed by atoms with van der Waals surface area (Å²) in [5, 5.41) is 4.46. The molecule has 144 valence electrons. The zero-order chi connectivity index (χ0) is 19.8. The fourth-order valence-electron chi connectivity index (χ4n) is 2.89. The summed E-state index contributed by atoms with van der Waals surface area (Å²) in [6.45, 7) is 0. The van der Waals surface area contributed by atoms with Gasteiger partial charge in [-0.15, -0.1) is 0 Å². The van der Waals surface area contributed by atoms with Gasteiger partial charge in [-0.2, -0.15) is 13.2 Å². The van der Waals surface area contributed by atoms with Crippen LogP contribution in [0.15, 0.2) is 47.4 Å². The van der Waals surface area contributed by atoms with Crippen molar-refractivity contribution in [2.24, 2.45) is 0 Å². The quantitative estimate of drug-likeness (QED) is 0.759. The van der Waals surface area contributed by atoms with Crippen LogP contribution in [-0.4, -0.2) is 20.2 Å². The van der Waals surface area contributed by atoms with E-state index in [0.717, 1.165) is 12.1 Å². The van der Waals surface area contributed by atoms with Crippen molar-refractivity contribution in [2.45, 2.75) is 23.5 Å². The summed E-state index contributed by atoms with van der Waals surface area (Å²) in [5.74, 6) is -0.131. The largest absolute Gasteiger partial charge is 0.417 e. The Morgan fingerprint density at radius 2 is 1.85 bits per heavy atom. The molecule has 1 heterocycles. The Kier molecular flexibility index (Phi) is 5.09. The fraction of sp³-hybridized carbons (Fsp3) is 0.235. The van der Waals surface area contributed by atoms with E-state index in [-0.39, 0.29) is 22.8 Å². The molecule has 0 saturated heterocycles. The average Bonchev–Trinajstić information content (AvgIpc) is 2.58. The lowest BCUT2D eigenvalue weighted by Crippen LogP contribution is -2.36. The highest BCUT2D eigenvalue weighted by Crippen LogP contribution is 2.36. The molecule has 0 saturated carbocycles. The van der Waals surface area contributed by atoms with Gasteiger partial charge in [0.15, 0.2) is 9.84 Å². The van der Waals surface area contributed by atoms with Crippen LogP contribution < -0.4 is 10.6 Å². The third-order valence-corrected chi connectivity index (χ3v) is 6.28. The number of halogens is 4. The van der Waals surface area contributed by atoms with Crippen LogP contribution >= 0.6 is 11.6 Å². The highest BCUT2D eigenvalue weighted by atomic mass is 35.5. The van der Waals surface area contributed by atoms with E-state index in [2.05, 4.69) is 10.6 Å². The molecule has 3 rings (SSSR count). The van der Waals surface area contributed by atoms with E-state index in [1.807, 2.05) is 0 Å². The van der Waals surface area contributed by atoms with E-state index in [0.29, 0.717) is 5.56 Å². The highest BCUT2D eigenvalue weighted by Gasteiger charge is 2.34. The lowest BCUT2D eigenvalue weighted by molar-refractivity contribution is -0.137. The fourth-order valence-corrected chi connectivity index (χ4v) is 4.73. The summed E-state index contributed by atoms with van der Waals surface area (Å²) in [4.78, 5) is 12.4. The second-order valence-electron chi connectivity index (χ2n) is 5.99. The zero-order valence-corrected chi connectivity index (χ0v) is 15.3. The van der Waals surface area contributed by atoms with Gasteiger partial charge in [-0.05, 0) is 36.2 Å². The maximum Gasteiger partial charge on any atom is 0.417 e. The Labute approximate surface area is 158 Å². The lowest BCUT2D eigenvalue weighted by Gasteiger charge is -2.26. The minimum Gasteiger partial charge on any atom is -0.331 e. The van der Waals surface area contributed by atoms with Gasteiger partial charge in [0, 0.05) is 5.69 Å². The third-order valence-electron chi connectivity index (χ3n) is 4.14. The molecule has 0 radical (unpaired) electrons. The maximum absolute atomic E-state index is 12.9. The van der Waals surface area contributed by atoms with Crippen molar-refractivity contribution in [1.82, 2.24) is 5.32 Å². The van der Waals surface area contributed by atoms with Crippen LogP contribution in [0.5, 0.6) is 0 Å². The molecule has 0 spiro atoms. The van der Waals surface area contributed by atoms with Crippen molar-refractivity contribution in [3.8, 4) is 0 Å². The average molecular weight is 419 g/mol. The first-order valence-corrected chi connectivity index (χ1v) is 9.87. The van der Waals surface area contributed by atoms with Gasteiger partial charge in [0.05, 0.1) is 27.3 Å². The topological polar surface area (TPSA) is 75.3 Å². The number of sulfone groups is 1. The van der Waals surface area contributed by atoms with Gasteiger partial charge < -0.3 is 10.6 Å². The first-order chi connectivity index (χ1) is 12.6. The van der Waals surface area contributed by atoms with Crippen molar-refractivity contribution >= 4 is 33.2 Å². The first-order valence-electron chi connectivity index (χ1n) is 7.84. The van der Waals surface area contributed by atoms with Gasteiger partial charge in [-0.3, -0.25) is 0 Å². The second-order valence-corrected chi connectivity index (χ2v) is 8.47. The first kappa shape index (κ1) is 19.5. The summed E-state index contributed by atoms with van der Waals surface area (Å²) in [5.41, 5.74) is -0.692. The Balaban J connectivity index is 1.78. The van der Waals surface area contributed by atoms with Gasteiger partial charge in [-0.1, -0.05) is 29.8 Å². The minimum atomic E-state index is -4.65. The van der Waals surface area contributed by atoms with Gasteiger partial charge in [0.1, 0.15) is 0 Å². The molecule has 0 bridgehead atoms. The minimum absolute atomic E-state index is 0.0825. The number of anilines is 1. The molecular weight excluding hydrogens is 405 g/mol. The molecule has 0 aromatic heterocycles. The number of nitrogens with one attached hydrogen (secondary N) is 2. The molecule has 0 aliphatic carbocycles. The SMILES string of the molecule is O=C(Nc1ccc(Cl)c(C(F)(F)F)c1)NC1CCS(=O)(=O)c2ccccc21. The summed E-state index contributed by atoms with van der Waals surface area (Å²) in [6, 6.07) is 8.02. The van der Waals surface area contributed by atoms with E-state index >= 15 is 0 Å². The molecule has 5 nitrogen and oxygen atoms in total. The van der Waals surface area contributed by atoms with Crippen molar-refractivity contribution < 1.29 is 26.4 Å². The van der Waals surface area contributed by atoms with E-state index in [1.54, 1.807) is 18.2 Å². The number of benzene rings is 2. The molecule has 2 aromatic rings. The molecule has 0 fully saturated rings. The van der Waals surface area contributed by atoms with E-state index in [9.17, 15) is 26.4 Å². The predicted molar refractivity (Wildman–Crippen MR) is 94.5 cm³/mol. The molecule has 1 atom stereocenters. The molecule has 2 aromatic carbocycles. The number of urea groups is 1. The number of fused-ring (bicyclic) bond motifs is 1. The highest BCUT2D eigenvalue weighted by molar-refractivity contribution is 7.91. The number of hydrogen-bond acceptors (Lipinski definition) is 3. The summed E-state index contributed by atoms with van der Waals surface area (Å²) < 4.78 is 62.9. The number of carbonyl (C=O) groups excluding carboxylic acids is 1. The Bertz CT molecular complexity index is 993. The predicted octanol–water partition coefficient (Wildman–Crippen LogP) is 4.40. The van der Waals surface area contributed by atoms with Crippen molar-refractivity contribution in [2.75, 3.05) is 11.1 Å². The zero-order valence-electron chi connectivity index (χ0n) is 13.7. The second kappa shape index (κ2) is 7.05. The molecule has 10 heteroatoms. The van der Waals surface area contributed by atoms with E-state index in [4.69, 9.17) is 11.6 Å². The number of alkyl halides is 3. The smallest absolute Gasteiger partial charge is 0.331 e. The molecule has 27 heavy (non-hydrogen) atoms. The van der Waals surface area contributed by atoms with Gasteiger partial charge in [-0.25, -0.2) is 13.2 Å². The maximum atomic E-state index is 12.9. The molecule has 1 aliphatic rings. The molecular formula is C17H14ClF3N2O3S. The van der Waals surface area contributed by atoms with Crippen LogP contribution in [0.25, 0.3) is 0 Å². The number of carbonyl (C=O) groups is 1. The number of rotatable bonds is 2. The van der Waals surface area contributed by atoms with Crippen LogP contribution in [0.1, 0.15) is 23.6 Å². The van der Waals surface area contributed by atoms with E-state index < -0.39 is 38.7 Å². The van der Waals surface area contributed by atoms with Crippen molar-refractivity contribution in [3.63, 3.8) is 0 Å². The summed E-state index contributed by atoms with van der Waals surface area (Å²) in [6.07, 6.45) is -4.48. The molecule has 2 N–H and O–H groups in total. The number of hydrogen-bond donors (Lipinski definition) is 2. The summed E-state index contributed by atoms with van der Waals surface area (Å²) >= 11 is 5.55.